The highest BCUT2D eigenvalue weighted by molar-refractivity contribution is 5.76. The molecule has 0 spiro atoms. The molecule has 0 saturated heterocycles. The van der Waals surface area contributed by atoms with E-state index in [4.69, 9.17) is 0 Å². The second-order valence-electron chi connectivity index (χ2n) is 17.9. The fourth-order valence-corrected chi connectivity index (χ4v) is 8.13. The molecule has 58 heavy (non-hydrogen) atoms. The van der Waals surface area contributed by atoms with Gasteiger partial charge in [-0.05, 0) is 51.4 Å². The van der Waals surface area contributed by atoms with E-state index in [0.717, 1.165) is 38.5 Å². The SMILES string of the molecule is CCCCCCC/C=C\C/C=C\C/C=C\CCCCCCCCCCCCCCCCCCCCCCCCCCC(=O)NC(CO)C(O)CCCCCCCCC. The number of hydrogen-bond acceptors (Lipinski definition) is 3. The molecule has 0 aromatic carbocycles. The van der Waals surface area contributed by atoms with Crippen molar-refractivity contribution in [1.82, 2.24) is 5.32 Å². The Kier molecular flexibility index (Phi) is 48.8. The van der Waals surface area contributed by atoms with Gasteiger partial charge in [0.25, 0.3) is 0 Å². The zero-order valence-electron chi connectivity index (χ0n) is 39.3. The van der Waals surface area contributed by atoms with Gasteiger partial charge in [-0.15, -0.1) is 0 Å². The minimum Gasteiger partial charge on any atom is -0.394 e. The molecule has 0 radical (unpaired) electrons. The average molecular weight is 814 g/mol. The maximum atomic E-state index is 12.3. The highest BCUT2D eigenvalue weighted by Gasteiger charge is 2.20. The van der Waals surface area contributed by atoms with E-state index >= 15 is 0 Å². The van der Waals surface area contributed by atoms with Crippen LogP contribution in [0.3, 0.4) is 0 Å². The Morgan fingerprint density at radius 3 is 1.05 bits per heavy atom. The molecule has 0 fully saturated rings. The van der Waals surface area contributed by atoms with Gasteiger partial charge in [-0.1, -0.05) is 262 Å². The van der Waals surface area contributed by atoms with Crippen LogP contribution < -0.4 is 5.32 Å². The summed E-state index contributed by atoms with van der Waals surface area (Å²) in [5, 5.41) is 23.0. The van der Waals surface area contributed by atoms with E-state index in [1.807, 2.05) is 0 Å². The van der Waals surface area contributed by atoms with Crippen molar-refractivity contribution in [1.29, 1.82) is 0 Å². The molecule has 342 valence electrons. The van der Waals surface area contributed by atoms with Crippen LogP contribution in [0.5, 0.6) is 0 Å². The van der Waals surface area contributed by atoms with Gasteiger partial charge in [-0.3, -0.25) is 4.79 Å². The van der Waals surface area contributed by atoms with E-state index in [9.17, 15) is 15.0 Å². The quantitative estimate of drug-likeness (QED) is 0.0423. The summed E-state index contributed by atoms with van der Waals surface area (Å²) >= 11 is 0. The first-order valence-electron chi connectivity index (χ1n) is 26.2. The van der Waals surface area contributed by atoms with Crippen LogP contribution in [-0.4, -0.2) is 34.9 Å². The number of aliphatic hydroxyl groups excluding tert-OH is 2. The minimum absolute atomic E-state index is 0.0316. The second-order valence-corrected chi connectivity index (χ2v) is 17.9. The molecule has 0 aliphatic rings. The molecule has 4 nitrogen and oxygen atoms in total. The number of hydrogen-bond donors (Lipinski definition) is 3. The molecular weight excluding hydrogens is 711 g/mol. The van der Waals surface area contributed by atoms with Gasteiger partial charge in [0.05, 0.1) is 18.8 Å². The zero-order chi connectivity index (χ0) is 42.1. The van der Waals surface area contributed by atoms with Crippen LogP contribution in [0.2, 0.25) is 0 Å². The van der Waals surface area contributed by atoms with Crippen LogP contribution in [0.4, 0.5) is 0 Å². The zero-order valence-corrected chi connectivity index (χ0v) is 39.3. The summed E-state index contributed by atoms with van der Waals surface area (Å²) in [4.78, 5) is 12.3. The molecule has 2 atom stereocenters. The van der Waals surface area contributed by atoms with Crippen molar-refractivity contribution in [2.24, 2.45) is 0 Å². The smallest absolute Gasteiger partial charge is 0.220 e. The third-order valence-electron chi connectivity index (χ3n) is 12.2. The normalized spacial score (nSPS) is 13.1. The molecule has 0 aromatic rings. The number of aliphatic hydroxyl groups is 2. The largest absolute Gasteiger partial charge is 0.394 e. The van der Waals surface area contributed by atoms with Crippen LogP contribution in [0, 0.1) is 0 Å². The number of carbonyl (C=O) groups excluding carboxylic acids is 1. The van der Waals surface area contributed by atoms with Crippen LogP contribution in [0.15, 0.2) is 36.5 Å². The first-order valence-corrected chi connectivity index (χ1v) is 26.2. The van der Waals surface area contributed by atoms with E-state index in [2.05, 4.69) is 55.6 Å². The summed E-state index contributed by atoms with van der Waals surface area (Å²) in [5.74, 6) is -0.0316. The lowest BCUT2D eigenvalue weighted by Crippen LogP contribution is -2.45. The lowest BCUT2D eigenvalue weighted by Gasteiger charge is -2.22. The molecule has 0 saturated carbocycles. The standard InChI is InChI=1S/C54H103NO3/c1-3-5-7-9-11-12-13-14-15-16-17-18-19-20-21-22-23-24-25-26-27-28-29-30-31-32-33-34-35-36-37-38-39-40-41-42-44-46-48-50-54(58)55-52(51-56)53(57)49-47-45-43-10-8-6-4-2/h13-14,16-17,19-20,52-53,56-57H,3-12,15,18,21-51H2,1-2H3,(H,55,58)/b14-13-,17-16-,20-19-. The van der Waals surface area contributed by atoms with Gasteiger partial charge >= 0.3 is 0 Å². The fraction of sp³-hybridized carbons (Fsp3) is 0.870. The Balaban J connectivity index is 3.33. The Bertz CT molecular complexity index is 882. The maximum Gasteiger partial charge on any atom is 0.220 e. The van der Waals surface area contributed by atoms with Gasteiger partial charge in [0, 0.05) is 6.42 Å². The molecule has 0 aliphatic carbocycles. The van der Waals surface area contributed by atoms with Crippen molar-refractivity contribution >= 4 is 5.91 Å². The van der Waals surface area contributed by atoms with Crippen LogP contribution in [0.25, 0.3) is 0 Å². The summed E-state index contributed by atoms with van der Waals surface area (Å²) in [7, 11) is 0. The predicted octanol–water partition coefficient (Wildman–Crippen LogP) is 16.9. The Labute approximate surface area is 363 Å². The number of rotatable bonds is 48. The van der Waals surface area contributed by atoms with E-state index in [1.165, 1.54) is 218 Å². The molecule has 4 heteroatoms. The first kappa shape index (κ1) is 56.6. The van der Waals surface area contributed by atoms with Gasteiger partial charge < -0.3 is 15.5 Å². The molecule has 0 aliphatic heterocycles. The number of allylic oxidation sites excluding steroid dienone is 6. The van der Waals surface area contributed by atoms with Crippen LogP contribution in [-0.2, 0) is 4.79 Å². The van der Waals surface area contributed by atoms with Crippen molar-refractivity contribution < 1.29 is 15.0 Å². The van der Waals surface area contributed by atoms with E-state index in [1.54, 1.807) is 0 Å². The fourth-order valence-electron chi connectivity index (χ4n) is 8.13. The lowest BCUT2D eigenvalue weighted by molar-refractivity contribution is -0.123. The molecule has 2 unspecified atom stereocenters. The topological polar surface area (TPSA) is 69.6 Å². The lowest BCUT2D eigenvalue weighted by atomic mass is 10.0. The molecule has 0 heterocycles. The van der Waals surface area contributed by atoms with E-state index in [-0.39, 0.29) is 12.5 Å². The average Bonchev–Trinajstić information content (AvgIpc) is 3.23. The van der Waals surface area contributed by atoms with Gasteiger partial charge in [0.2, 0.25) is 5.91 Å². The van der Waals surface area contributed by atoms with Gasteiger partial charge in [-0.2, -0.15) is 0 Å². The summed E-state index contributed by atoms with van der Waals surface area (Å²) in [6.07, 6.45) is 67.3. The van der Waals surface area contributed by atoms with E-state index < -0.39 is 12.1 Å². The molecule has 3 N–H and O–H groups in total. The van der Waals surface area contributed by atoms with Crippen molar-refractivity contribution in [3.05, 3.63) is 36.5 Å². The first-order chi connectivity index (χ1) is 28.7. The third kappa shape index (κ3) is 45.7. The number of amides is 1. The van der Waals surface area contributed by atoms with E-state index in [0.29, 0.717) is 12.8 Å². The number of nitrogens with one attached hydrogen (secondary N) is 1. The third-order valence-corrected chi connectivity index (χ3v) is 12.2. The highest BCUT2D eigenvalue weighted by atomic mass is 16.3. The monoisotopic (exact) mass is 814 g/mol. The molecule has 1 amide bonds. The Morgan fingerprint density at radius 2 is 0.707 bits per heavy atom. The summed E-state index contributed by atoms with van der Waals surface area (Å²) in [5.41, 5.74) is 0. The van der Waals surface area contributed by atoms with Crippen LogP contribution in [0.1, 0.15) is 284 Å². The second kappa shape index (κ2) is 50.0. The molecular formula is C54H103NO3. The molecule has 0 bridgehead atoms. The predicted molar refractivity (Wildman–Crippen MR) is 258 cm³/mol. The molecule has 0 rings (SSSR count). The number of unbranched alkanes of at least 4 members (excludes halogenated alkanes) is 35. The van der Waals surface area contributed by atoms with Crippen molar-refractivity contribution in [3.63, 3.8) is 0 Å². The van der Waals surface area contributed by atoms with Gasteiger partial charge in [0.1, 0.15) is 0 Å². The van der Waals surface area contributed by atoms with Crippen LogP contribution >= 0.6 is 0 Å². The minimum atomic E-state index is -0.653. The summed E-state index contributed by atoms with van der Waals surface area (Å²) in [6.45, 7) is 4.31. The van der Waals surface area contributed by atoms with Crippen molar-refractivity contribution in [2.75, 3.05) is 6.61 Å². The Morgan fingerprint density at radius 1 is 0.414 bits per heavy atom. The highest BCUT2D eigenvalue weighted by Crippen LogP contribution is 2.17. The van der Waals surface area contributed by atoms with Crippen molar-refractivity contribution in [3.8, 4) is 0 Å². The molecule has 0 aromatic heterocycles. The summed E-state index contributed by atoms with van der Waals surface area (Å²) < 4.78 is 0. The number of carbonyl (C=O) groups is 1. The van der Waals surface area contributed by atoms with Crippen molar-refractivity contribution in [2.45, 2.75) is 296 Å². The maximum absolute atomic E-state index is 12.3. The van der Waals surface area contributed by atoms with Gasteiger partial charge in [-0.25, -0.2) is 0 Å². The van der Waals surface area contributed by atoms with Gasteiger partial charge in [0.15, 0.2) is 0 Å². The Hall–Kier alpha value is -1.39. The summed E-state index contributed by atoms with van der Waals surface area (Å²) in [6, 6.07) is -0.530.